The number of nitrogens with one attached hydrogen (secondary N) is 1. The first-order valence-electron chi connectivity index (χ1n) is 5.72. The molecule has 0 saturated heterocycles. The zero-order valence-electron chi connectivity index (χ0n) is 10.5. The largest absolute Gasteiger partial charge is 0.355 e. The van der Waals surface area contributed by atoms with Crippen molar-refractivity contribution in [1.29, 1.82) is 0 Å². The van der Waals surface area contributed by atoms with Gasteiger partial charge in [0.1, 0.15) is 5.03 Å². The average Bonchev–Trinajstić information content (AvgIpc) is 2.45. The molecular weight excluding hydrogens is 319 g/mol. The smallest absolute Gasteiger partial charge is 0.226 e. The Labute approximate surface area is 127 Å². The molecule has 0 spiro atoms. The summed E-state index contributed by atoms with van der Waals surface area (Å²) < 4.78 is 8.63. The lowest BCUT2D eigenvalue weighted by atomic mass is 10.4. The molecule has 0 bridgehead atoms. The van der Waals surface area contributed by atoms with Gasteiger partial charge in [0.25, 0.3) is 0 Å². The Hall–Kier alpha value is 0.0600. The number of carbonyl (C=O) groups excluding carboxylic acids is 1. The van der Waals surface area contributed by atoms with Gasteiger partial charge in [-0.05, 0) is 41.9 Å². The molecule has 2 unspecified atom stereocenters. The Morgan fingerprint density at radius 2 is 2.42 bits per heavy atom. The molecule has 0 aliphatic rings. The van der Waals surface area contributed by atoms with Crippen molar-refractivity contribution in [2.45, 2.75) is 17.6 Å². The van der Waals surface area contributed by atoms with Gasteiger partial charge in [-0.2, -0.15) is 0 Å². The average molecular weight is 336 g/mol. The SMILES string of the molecule is CC(PCSO)C(=O)NCCSSc1ccccn1. The summed E-state index contributed by atoms with van der Waals surface area (Å²) in [6.07, 6.45) is 1.77. The van der Waals surface area contributed by atoms with E-state index < -0.39 is 0 Å². The minimum absolute atomic E-state index is 0.0203. The van der Waals surface area contributed by atoms with Crippen LogP contribution in [0, 0.1) is 0 Å². The lowest BCUT2D eigenvalue weighted by Gasteiger charge is -2.10. The highest BCUT2D eigenvalue weighted by Crippen LogP contribution is 2.28. The van der Waals surface area contributed by atoms with Crippen LogP contribution in [0.2, 0.25) is 0 Å². The Kier molecular flexibility index (Phi) is 9.73. The molecule has 8 heteroatoms. The van der Waals surface area contributed by atoms with Crippen molar-refractivity contribution >= 4 is 48.1 Å². The Balaban J connectivity index is 2.05. The Morgan fingerprint density at radius 3 is 3.11 bits per heavy atom. The molecule has 1 amide bonds. The van der Waals surface area contributed by atoms with Crippen LogP contribution in [0.4, 0.5) is 0 Å². The third-order valence-corrected chi connectivity index (χ3v) is 6.44. The van der Waals surface area contributed by atoms with E-state index in [0.717, 1.165) is 22.8 Å². The predicted octanol–water partition coefficient (Wildman–Crippen LogP) is 3.17. The number of aromatic nitrogens is 1. The highest BCUT2D eigenvalue weighted by molar-refractivity contribution is 8.76. The molecule has 1 aromatic rings. The maximum Gasteiger partial charge on any atom is 0.226 e. The van der Waals surface area contributed by atoms with E-state index in [1.165, 1.54) is 0 Å². The monoisotopic (exact) mass is 336 g/mol. The minimum atomic E-state index is -0.0203. The number of amides is 1. The molecule has 106 valence electrons. The van der Waals surface area contributed by atoms with Gasteiger partial charge in [0.15, 0.2) is 0 Å². The third-order valence-electron chi connectivity index (χ3n) is 2.11. The Bertz CT molecular complexity index is 370. The number of hydrogen-bond donors (Lipinski definition) is 2. The second-order valence-electron chi connectivity index (χ2n) is 3.56. The fourth-order valence-corrected chi connectivity index (χ4v) is 4.49. The van der Waals surface area contributed by atoms with E-state index in [1.54, 1.807) is 27.8 Å². The van der Waals surface area contributed by atoms with Gasteiger partial charge in [-0.1, -0.05) is 25.4 Å². The zero-order chi connectivity index (χ0) is 13.9. The van der Waals surface area contributed by atoms with Gasteiger partial charge in [-0.15, -0.1) is 0 Å². The van der Waals surface area contributed by atoms with Gasteiger partial charge < -0.3 is 9.87 Å². The van der Waals surface area contributed by atoms with Crippen LogP contribution >= 0.6 is 42.2 Å². The van der Waals surface area contributed by atoms with Crippen LogP contribution in [0.3, 0.4) is 0 Å². The fourth-order valence-electron chi connectivity index (χ4n) is 1.12. The van der Waals surface area contributed by atoms with Gasteiger partial charge in [-0.3, -0.25) is 4.79 Å². The summed E-state index contributed by atoms with van der Waals surface area (Å²) in [5, 5.41) is 3.88. The number of nitrogens with zero attached hydrogens (tertiary/aromatic N) is 1. The van der Waals surface area contributed by atoms with Gasteiger partial charge in [0.05, 0.1) is 5.66 Å². The molecule has 0 saturated carbocycles. The van der Waals surface area contributed by atoms with E-state index in [4.69, 9.17) is 4.55 Å². The molecule has 0 aromatic carbocycles. The summed E-state index contributed by atoms with van der Waals surface area (Å²) in [7, 11) is 3.74. The van der Waals surface area contributed by atoms with E-state index in [9.17, 15) is 4.79 Å². The van der Waals surface area contributed by atoms with Crippen LogP contribution in [-0.4, -0.2) is 38.9 Å². The standard InChI is InChI=1S/C11H17N2O2PS3/c1-9(16-8-17-15)11(14)13-6-7-18-19-10-4-2-3-5-12-10/h2-5,9,15-16H,6-8H2,1H3,(H,13,14). The zero-order valence-corrected chi connectivity index (χ0v) is 14.0. The van der Waals surface area contributed by atoms with E-state index in [2.05, 4.69) is 10.3 Å². The first-order chi connectivity index (χ1) is 9.24. The van der Waals surface area contributed by atoms with Crippen molar-refractivity contribution in [1.82, 2.24) is 10.3 Å². The summed E-state index contributed by atoms with van der Waals surface area (Å²) in [6, 6.07) is 5.81. The molecule has 0 radical (unpaired) electrons. The minimum Gasteiger partial charge on any atom is -0.355 e. The third kappa shape index (κ3) is 8.05. The molecule has 19 heavy (non-hydrogen) atoms. The second-order valence-corrected chi connectivity index (χ2v) is 8.69. The molecule has 1 heterocycles. The van der Waals surface area contributed by atoms with Gasteiger partial charge >= 0.3 is 0 Å². The number of carbonyl (C=O) groups is 1. The summed E-state index contributed by atoms with van der Waals surface area (Å²) in [4.78, 5) is 15.9. The van der Waals surface area contributed by atoms with Crippen LogP contribution < -0.4 is 5.32 Å². The molecule has 0 fully saturated rings. The van der Waals surface area contributed by atoms with Crippen molar-refractivity contribution in [2.75, 3.05) is 17.8 Å². The summed E-state index contributed by atoms with van der Waals surface area (Å²) in [5.41, 5.74) is 0.604. The van der Waals surface area contributed by atoms with Crippen LogP contribution in [0.15, 0.2) is 29.4 Å². The first-order valence-corrected chi connectivity index (χ1v) is 10.3. The Morgan fingerprint density at radius 1 is 1.58 bits per heavy atom. The number of pyridine rings is 1. The molecule has 4 nitrogen and oxygen atoms in total. The van der Waals surface area contributed by atoms with E-state index in [1.807, 2.05) is 25.1 Å². The van der Waals surface area contributed by atoms with Crippen molar-refractivity contribution in [2.24, 2.45) is 0 Å². The molecular formula is C11H17N2O2PS3. The van der Waals surface area contributed by atoms with Crippen LogP contribution in [0.25, 0.3) is 0 Å². The van der Waals surface area contributed by atoms with Crippen LogP contribution in [-0.2, 0) is 4.79 Å². The highest BCUT2D eigenvalue weighted by atomic mass is 33.1. The van der Waals surface area contributed by atoms with Crippen molar-refractivity contribution in [3.8, 4) is 0 Å². The summed E-state index contributed by atoms with van der Waals surface area (Å²) >= 11 is 0.795. The quantitative estimate of drug-likeness (QED) is 0.313. The number of hydrogen-bond acceptors (Lipinski definition) is 6. The molecule has 0 aliphatic carbocycles. The first kappa shape index (κ1) is 17.1. The van der Waals surface area contributed by atoms with Gasteiger partial charge in [0.2, 0.25) is 5.91 Å². The topological polar surface area (TPSA) is 62.2 Å². The highest BCUT2D eigenvalue weighted by Gasteiger charge is 2.11. The second kappa shape index (κ2) is 10.8. The number of rotatable bonds is 9. The van der Waals surface area contributed by atoms with Gasteiger partial charge in [0, 0.05) is 24.0 Å². The van der Waals surface area contributed by atoms with E-state index >= 15 is 0 Å². The van der Waals surface area contributed by atoms with Crippen LogP contribution in [0.1, 0.15) is 6.92 Å². The fraction of sp³-hybridized carbons (Fsp3) is 0.455. The molecule has 2 N–H and O–H groups in total. The molecule has 1 aromatic heterocycles. The van der Waals surface area contributed by atoms with E-state index in [0.29, 0.717) is 20.6 Å². The summed E-state index contributed by atoms with van der Waals surface area (Å²) in [5.74, 6) is 0.910. The molecule has 2 atom stereocenters. The van der Waals surface area contributed by atoms with Crippen molar-refractivity contribution in [3.05, 3.63) is 24.4 Å². The molecule has 1 rings (SSSR count). The van der Waals surface area contributed by atoms with Crippen molar-refractivity contribution in [3.63, 3.8) is 0 Å². The summed E-state index contributed by atoms with van der Waals surface area (Å²) in [6.45, 7) is 2.55. The van der Waals surface area contributed by atoms with Crippen LogP contribution in [0.5, 0.6) is 0 Å². The normalized spacial score (nSPS) is 12.7. The lowest BCUT2D eigenvalue weighted by Crippen LogP contribution is -2.32. The lowest BCUT2D eigenvalue weighted by molar-refractivity contribution is -0.120. The maximum absolute atomic E-state index is 11.7. The maximum atomic E-state index is 11.7. The van der Waals surface area contributed by atoms with Crippen molar-refractivity contribution < 1.29 is 9.35 Å². The van der Waals surface area contributed by atoms with E-state index in [-0.39, 0.29) is 11.6 Å². The molecule has 0 aliphatic heterocycles. The predicted molar refractivity (Wildman–Crippen MR) is 88.4 cm³/mol. The van der Waals surface area contributed by atoms with Gasteiger partial charge in [-0.25, -0.2) is 4.98 Å².